The molecule has 3 aromatic rings. The molecule has 200 valence electrons. The number of ketones is 1. The number of rotatable bonds is 10. The van der Waals surface area contributed by atoms with E-state index in [0.717, 1.165) is 20.9 Å². The van der Waals surface area contributed by atoms with Gasteiger partial charge in [-0.15, -0.1) is 11.3 Å². The monoisotopic (exact) mass is 528 g/mol. The fraction of sp³-hybridized carbons (Fsp3) is 0.577. The van der Waals surface area contributed by atoms with Crippen LogP contribution in [0, 0.1) is 19.8 Å². The van der Waals surface area contributed by atoms with Crippen LogP contribution < -0.4 is 10.6 Å². The number of anilines is 2. The molecule has 0 aromatic carbocycles. The third-order valence-corrected chi connectivity index (χ3v) is 8.33. The summed E-state index contributed by atoms with van der Waals surface area (Å²) in [6.07, 6.45) is 1.66. The highest BCUT2D eigenvalue weighted by Gasteiger charge is 2.50. The number of carbonyl (C=O) groups excluding carboxylic acids is 1. The van der Waals surface area contributed by atoms with Gasteiger partial charge in [-0.05, 0) is 46.1 Å². The predicted octanol–water partition coefficient (Wildman–Crippen LogP) is 3.49. The molecule has 1 aliphatic carbocycles. The Hall–Kier alpha value is -2.73. The lowest BCUT2D eigenvalue weighted by Crippen LogP contribution is -2.40. The van der Waals surface area contributed by atoms with Gasteiger partial charge in [0.05, 0.1) is 45.8 Å². The fourth-order valence-corrected chi connectivity index (χ4v) is 6.15. The molecule has 37 heavy (non-hydrogen) atoms. The number of aromatic nitrogens is 4. The lowest BCUT2D eigenvalue weighted by Gasteiger charge is -2.31. The van der Waals surface area contributed by atoms with Crippen molar-refractivity contribution in [1.82, 2.24) is 19.9 Å². The highest BCUT2D eigenvalue weighted by atomic mass is 32.1. The molecule has 0 aliphatic heterocycles. The number of nitrogens with one attached hydrogen (secondary N) is 2. The Kier molecular flexibility index (Phi) is 8.08. The van der Waals surface area contributed by atoms with Crippen LogP contribution in [0.2, 0.25) is 0 Å². The van der Waals surface area contributed by atoms with Crippen molar-refractivity contribution in [1.29, 1.82) is 0 Å². The average Bonchev–Trinajstić information content (AvgIpc) is 3.41. The highest BCUT2D eigenvalue weighted by molar-refractivity contribution is 7.21. The van der Waals surface area contributed by atoms with Crippen molar-refractivity contribution >= 4 is 39.1 Å². The Morgan fingerprint density at radius 3 is 2.59 bits per heavy atom. The molecule has 4 rings (SSSR count). The number of thiazole rings is 1. The Morgan fingerprint density at radius 2 is 1.95 bits per heavy atom. The van der Waals surface area contributed by atoms with Gasteiger partial charge >= 0.3 is 0 Å². The number of fused-ring (bicyclic) bond motifs is 1. The van der Waals surface area contributed by atoms with Crippen LogP contribution in [-0.2, 0) is 9.53 Å². The summed E-state index contributed by atoms with van der Waals surface area (Å²) < 4.78 is 6.23. The first kappa shape index (κ1) is 27.3. The number of pyridine rings is 1. The topological polar surface area (TPSA) is 142 Å². The minimum atomic E-state index is -1.26. The van der Waals surface area contributed by atoms with Crippen LogP contribution in [0.4, 0.5) is 11.8 Å². The summed E-state index contributed by atoms with van der Waals surface area (Å²) in [6.45, 7) is 9.96. The first-order valence-corrected chi connectivity index (χ1v) is 13.5. The van der Waals surface area contributed by atoms with Crippen molar-refractivity contribution in [3.8, 4) is 10.6 Å². The van der Waals surface area contributed by atoms with Gasteiger partial charge in [0.1, 0.15) is 22.4 Å². The smallest absolute Gasteiger partial charge is 0.225 e. The summed E-state index contributed by atoms with van der Waals surface area (Å²) in [5.74, 6) is -0.124. The van der Waals surface area contributed by atoms with E-state index >= 15 is 0 Å². The number of aliphatic hydroxyl groups is 2. The molecular weight excluding hydrogens is 492 g/mol. The zero-order valence-corrected chi connectivity index (χ0v) is 23.0. The Labute approximate surface area is 220 Å². The minimum Gasteiger partial charge on any atom is -0.389 e. The van der Waals surface area contributed by atoms with Gasteiger partial charge in [0.25, 0.3) is 0 Å². The Bertz CT molecular complexity index is 1280. The molecule has 4 N–H and O–H groups in total. The molecule has 0 spiro atoms. The summed E-state index contributed by atoms with van der Waals surface area (Å²) in [5, 5.41) is 29.2. The Morgan fingerprint density at radius 1 is 1.22 bits per heavy atom. The molecule has 0 radical (unpaired) electrons. The van der Waals surface area contributed by atoms with Crippen LogP contribution in [-0.4, -0.2) is 73.4 Å². The van der Waals surface area contributed by atoms with E-state index in [1.54, 1.807) is 13.3 Å². The van der Waals surface area contributed by atoms with Crippen molar-refractivity contribution in [2.75, 3.05) is 24.4 Å². The summed E-state index contributed by atoms with van der Waals surface area (Å²) in [4.78, 5) is 31.6. The van der Waals surface area contributed by atoms with Gasteiger partial charge in [-0.3, -0.25) is 9.78 Å². The van der Waals surface area contributed by atoms with E-state index in [9.17, 15) is 15.0 Å². The van der Waals surface area contributed by atoms with Crippen molar-refractivity contribution in [2.24, 2.45) is 5.92 Å². The van der Waals surface area contributed by atoms with Crippen molar-refractivity contribution < 1.29 is 19.7 Å². The highest BCUT2D eigenvalue weighted by Crippen LogP contribution is 2.40. The number of methoxy groups -OCH3 is 1. The molecule has 0 saturated heterocycles. The van der Waals surface area contributed by atoms with Crippen molar-refractivity contribution in [3.63, 3.8) is 0 Å². The lowest BCUT2D eigenvalue weighted by atomic mass is 9.81. The summed E-state index contributed by atoms with van der Waals surface area (Å²) in [7, 11) is 1.63. The van der Waals surface area contributed by atoms with E-state index in [2.05, 4.69) is 20.6 Å². The maximum atomic E-state index is 13.0. The Balaban J connectivity index is 1.76. The second-order valence-electron chi connectivity index (χ2n) is 9.82. The van der Waals surface area contributed by atoms with E-state index in [1.165, 1.54) is 11.3 Å². The largest absolute Gasteiger partial charge is 0.389 e. The number of hydrogen-bond acceptors (Lipinski definition) is 11. The van der Waals surface area contributed by atoms with E-state index in [4.69, 9.17) is 14.7 Å². The van der Waals surface area contributed by atoms with E-state index in [-0.39, 0.29) is 11.8 Å². The quantitative estimate of drug-likeness (QED) is 0.309. The minimum absolute atomic E-state index is 0.0357. The van der Waals surface area contributed by atoms with Gasteiger partial charge in [-0.1, -0.05) is 13.8 Å². The van der Waals surface area contributed by atoms with Crippen molar-refractivity contribution in [2.45, 2.75) is 77.7 Å². The molecular formula is C26H36N6O4S. The summed E-state index contributed by atoms with van der Waals surface area (Å²) in [5.41, 5.74) is 1.89. The second kappa shape index (κ2) is 10.9. The zero-order chi connectivity index (χ0) is 26.9. The molecule has 3 heterocycles. The van der Waals surface area contributed by atoms with Crippen LogP contribution in [0.3, 0.4) is 0 Å². The molecule has 1 fully saturated rings. The molecule has 0 amide bonds. The first-order chi connectivity index (χ1) is 17.6. The van der Waals surface area contributed by atoms with Crippen LogP contribution in [0.25, 0.3) is 20.8 Å². The van der Waals surface area contributed by atoms with Gasteiger partial charge in [-0.2, -0.15) is 4.98 Å². The van der Waals surface area contributed by atoms with Crippen LogP contribution in [0.5, 0.6) is 0 Å². The van der Waals surface area contributed by atoms with Crippen molar-refractivity contribution in [3.05, 3.63) is 23.7 Å². The standard InChI is InChI=1S/C26H36N6O4S/c1-7-26(35,8-2)16-11-17(22(34)21(16)33)30-23-19(14(4)29-25(32-23)28-13(3)12-36-6)24-31-20-15(5)27-10-9-18(20)37-24/h9-10,13,16-17,22,34-35H,7-8,11-12H2,1-6H3,(H2,28,29,30,32)/t13-,16+,17?,22+/m1/s1. The van der Waals surface area contributed by atoms with Gasteiger partial charge in [0.2, 0.25) is 5.95 Å². The summed E-state index contributed by atoms with van der Waals surface area (Å²) >= 11 is 1.51. The molecule has 1 saturated carbocycles. The number of Topliss-reactive ketones (excluding diaryl/α,β-unsaturated/α-hetero) is 1. The van der Waals surface area contributed by atoms with Crippen LogP contribution in [0.15, 0.2) is 12.3 Å². The van der Waals surface area contributed by atoms with Gasteiger partial charge in [0, 0.05) is 19.3 Å². The maximum Gasteiger partial charge on any atom is 0.225 e. The average molecular weight is 529 g/mol. The van der Waals surface area contributed by atoms with E-state index < -0.39 is 23.7 Å². The fourth-order valence-electron chi connectivity index (χ4n) is 5.04. The van der Waals surface area contributed by atoms with Crippen LogP contribution >= 0.6 is 11.3 Å². The molecule has 11 heteroatoms. The van der Waals surface area contributed by atoms with Gasteiger partial charge < -0.3 is 25.6 Å². The maximum absolute atomic E-state index is 13.0. The third-order valence-electron chi connectivity index (χ3n) is 7.29. The molecule has 10 nitrogen and oxygen atoms in total. The first-order valence-electron chi connectivity index (χ1n) is 12.7. The SMILES string of the molecule is CCC(O)(CC)[C@H]1CC(Nc2nc(N[C@H](C)COC)nc(C)c2-c2nc3c(C)nccc3s2)[C@H](O)C1=O. The number of carbonyl (C=O) groups is 1. The molecule has 0 bridgehead atoms. The van der Waals surface area contributed by atoms with E-state index in [0.29, 0.717) is 48.9 Å². The van der Waals surface area contributed by atoms with E-state index in [1.807, 2.05) is 40.7 Å². The summed E-state index contributed by atoms with van der Waals surface area (Å²) in [6, 6.07) is 1.28. The number of ether oxygens (including phenoxy) is 1. The van der Waals surface area contributed by atoms with Gasteiger partial charge in [0.15, 0.2) is 5.78 Å². The lowest BCUT2D eigenvalue weighted by molar-refractivity contribution is -0.136. The molecule has 1 unspecified atom stereocenters. The number of aliphatic hydroxyl groups excluding tert-OH is 1. The van der Waals surface area contributed by atoms with Crippen LogP contribution in [0.1, 0.15) is 51.4 Å². The number of hydrogen-bond donors (Lipinski definition) is 4. The number of nitrogens with zero attached hydrogens (tertiary/aromatic N) is 4. The predicted molar refractivity (Wildman–Crippen MR) is 145 cm³/mol. The number of aryl methyl sites for hydroxylation is 2. The molecule has 3 aromatic heterocycles. The molecule has 4 atom stereocenters. The zero-order valence-electron chi connectivity index (χ0n) is 22.2. The molecule has 1 aliphatic rings. The second-order valence-corrected chi connectivity index (χ2v) is 10.8. The third kappa shape index (κ3) is 5.31. The van der Waals surface area contributed by atoms with Gasteiger partial charge in [-0.25, -0.2) is 9.97 Å². The normalized spacial score (nSPS) is 21.0.